The summed E-state index contributed by atoms with van der Waals surface area (Å²) in [7, 11) is 3.42. The zero-order chi connectivity index (χ0) is 30.2. The van der Waals surface area contributed by atoms with E-state index in [0.717, 1.165) is 35.4 Å². The molecule has 3 aromatic heterocycles. The van der Waals surface area contributed by atoms with E-state index in [1.54, 1.807) is 51.8 Å². The molecular weight excluding hydrogens is 522 g/mol. The lowest BCUT2D eigenvalue weighted by molar-refractivity contribution is -0.125. The predicted octanol–water partition coefficient (Wildman–Crippen LogP) is 4.14. The van der Waals surface area contributed by atoms with Gasteiger partial charge >= 0.3 is 6.09 Å². The second-order valence-electron chi connectivity index (χ2n) is 10.8. The number of nitrogens with one attached hydrogen (secondary N) is 3. The Morgan fingerprint density at radius 2 is 1.95 bits per heavy atom. The number of nitrogens with zero attached hydrogens (tertiary/aromatic N) is 6. The quantitative estimate of drug-likeness (QED) is 0.245. The Labute approximate surface area is 241 Å². The molecule has 0 unspecified atom stereocenters. The smallest absolute Gasteiger partial charge is 0.410 e. The van der Waals surface area contributed by atoms with Crippen molar-refractivity contribution in [3.63, 3.8) is 0 Å². The molecule has 3 rings (SSSR count). The van der Waals surface area contributed by atoms with Crippen molar-refractivity contribution in [2.45, 2.75) is 72.4 Å². The maximum atomic E-state index is 12.5. The van der Waals surface area contributed by atoms with Gasteiger partial charge in [0, 0.05) is 39.0 Å². The molecule has 3 N–H and O–H groups in total. The second-order valence-corrected chi connectivity index (χ2v) is 10.8. The summed E-state index contributed by atoms with van der Waals surface area (Å²) >= 11 is 0. The topological polar surface area (TPSA) is 139 Å². The number of aryl methyl sites for hydroxylation is 2. The highest BCUT2D eigenvalue weighted by atomic mass is 16.6. The molecule has 3 aromatic rings. The van der Waals surface area contributed by atoms with E-state index < -0.39 is 17.7 Å². The molecule has 12 nitrogen and oxygen atoms in total. The molecule has 0 fully saturated rings. The van der Waals surface area contributed by atoms with E-state index in [4.69, 9.17) is 4.74 Å². The summed E-state index contributed by atoms with van der Waals surface area (Å²) < 4.78 is 7.08. The molecular formula is C29H41N9O3. The third-order valence-corrected chi connectivity index (χ3v) is 6.09. The normalized spacial score (nSPS) is 11.8. The lowest BCUT2D eigenvalue weighted by Gasteiger charge is -2.28. The number of carbonyl (C=O) groups excluding carboxylic acids is 2. The molecule has 0 bridgehead atoms. The molecule has 0 aliphatic heterocycles. The van der Waals surface area contributed by atoms with E-state index in [-0.39, 0.29) is 5.91 Å². The Bertz CT molecular complexity index is 1430. The van der Waals surface area contributed by atoms with Crippen LogP contribution < -0.4 is 16.0 Å². The Morgan fingerprint density at radius 1 is 1.20 bits per heavy atom. The largest absolute Gasteiger partial charge is 0.444 e. The molecule has 0 aromatic carbocycles. The van der Waals surface area contributed by atoms with Crippen LogP contribution in [0, 0.1) is 18.8 Å². The average molecular weight is 564 g/mol. The van der Waals surface area contributed by atoms with Gasteiger partial charge in [-0.25, -0.2) is 14.8 Å². The lowest BCUT2D eigenvalue weighted by Crippen LogP contribution is -2.47. The number of fused-ring (bicyclic) bond motifs is 1. The fourth-order valence-corrected chi connectivity index (χ4v) is 3.78. The molecule has 41 heavy (non-hydrogen) atoms. The number of unbranched alkanes of at least 4 members (excludes halogenated alkanes) is 1. The standard InChI is InChI=1S/C29H41N9O3/c1-9-14-30-24-21(13-11-10-12-15-31-26(39)20(3)37(7)28(40)41-29(4,5)6)17-33-27(35-24)34-22-16-23-19(2)36-38(8)25(23)32-18-22/h16-18,20H,9-10,12,14-15H2,1-8H3,(H,31,39)(H2,30,33,34,35)/t20-/m0/s1. The number of anilines is 3. The van der Waals surface area contributed by atoms with Crippen LogP contribution in [0.15, 0.2) is 18.5 Å². The first kappa shape index (κ1) is 31.1. The van der Waals surface area contributed by atoms with Crippen LogP contribution in [-0.2, 0) is 16.6 Å². The van der Waals surface area contributed by atoms with Gasteiger partial charge in [-0.3, -0.25) is 14.4 Å². The summed E-state index contributed by atoms with van der Waals surface area (Å²) in [6, 6.07) is 1.33. The Hall–Kier alpha value is -4.40. The molecule has 0 spiro atoms. The van der Waals surface area contributed by atoms with Crippen LogP contribution in [0.5, 0.6) is 0 Å². The summed E-state index contributed by atoms with van der Waals surface area (Å²) in [5.74, 6) is 7.12. The van der Waals surface area contributed by atoms with Crippen molar-refractivity contribution in [3.05, 3.63) is 29.7 Å². The van der Waals surface area contributed by atoms with Crippen molar-refractivity contribution in [1.82, 2.24) is 34.9 Å². The van der Waals surface area contributed by atoms with Crippen LogP contribution in [0.2, 0.25) is 0 Å². The number of pyridine rings is 1. The third kappa shape index (κ3) is 8.79. The average Bonchev–Trinajstić information content (AvgIpc) is 3.20. The number of hydrogen-bond acceptors (Lipinski definition) is 9. The molecule has 3 heterocycles. The van der Waals surface area contributed by atoms with Crippen LogP contribution in [0.25, 0.3) is 11.0 Å². The van der Waals surface area contributed by atoms with E-state index in [2.05, 4.69) is 54.8 Å². The van der Waals surface area contributed by atoms with Gasteiger partial charge < -0.3 is 20.7 Å². The van der Waals surface area contributed by atoms with Gasteiger partial charge in [0.05, 0.1) is 29.3 Å². The first-order chi connectivity index (χ1) is 19.4. The Morgan fingerprint density at radius 3 is 2.66 bits per heavy atom. The summed E-state index contributed by atoms with van der Waals surface area (Å²) in [5.41, 5.74) is 2.55. The summed E-state index contributed by atoms with van der Waals surface area (Å²) in [4.78, 5) is 39.5. The van der Waals surface area contributed by atoms with E-state index in [0.29, 0.717) is 36.7 Å². The van der Waals surface area contributed by atoms with E-state index in [1.807, 2.05) is 20.0 Å². The van der Waals surface area contributed by atoms with Crippen LogP contribution in [-0.4, -0.2) is 73.4 Å². The third-order valence-electron chi connectivity index (χ3n) is 6.09. The molecule has 0 saturated heterocycles. The summed E-state index contributed by atoms with van der Waals surface area (Å²) in [6.07, 6.45) is 5.04. The predicted molar refractivity (Wildman–Crippen MR) is 160 cm³/mol. The van der Waals surface area contributed by atoms with Crippen molar-refractivity contribution >= 4 is 40.5 Å². The van der Waals surface area contributed by atoms with Crippen molar-refractivity contribution in [2.75, 3.05) is 30.8 Å². The van der Waals surface area contributed by atoms with Gasteiger partial charge in [0.15, 0.2) is 5.65 Å². The fraction of sp³-hybridized carbons (Fsp3) is 0.517. The van der Waals surface area contributed by atoms with Crippen LogP contribution in [0.1, 0.15) is 65.1 Å². The molecule has 0 aliphatic carbocycles. The van der Waals surface area contributed by atoms with E-state index in [9.17, 15) is 9.59 Å². The highest BCUT2D eigenvalue weighted by Gasteiger charge is 2.26. The zero-order valence-electron chi connectivity index (χ0n) is 25.3. The van der Waals surface area contributed by atoms with Crippen LogP contribution in [0.4, 0.5) is 22.2 Å². The van der Waals surface area contributed by atoms with Crippen LogP contribution in [0.3, 0.4) is 0 Å². The molecule has 1 atom stereocenters. The number of carbonyl (C=O) groups is 2. The number of likely N-dealkylation sites (N-methyl/N-ethyl adjacent to an activating group) is 1. The number of aromatic nitrogens is 5. The maximum Gasteiger partial charge on any atom is 0.410 e. The van der Waals surface area contributed by atoms with Crippen molar-refractivity contribution < 1.29 is 14.3 Å². The summed E-state index contributed by atoms with van der Waals surface area (Å²) in [5, 5.41) is 14.8. The van der Waals surface area contributed by atoms with Gasteiger partial charge in [-0.15, -0.1) is 0 Å². The lowest BCUT2D eigenvalue weighted by atomic mass is 10.2. The highest BCUT2D eigenvalue weighted by Crippen LogP contribution is 2.22. The molecule has 0 aliphatic rings. The van der Waals surface area contributed by atoms with E-state index >= 15 is 0 Å². The monoisotopic (exact) mass is 563 g/mol. The number of amides is 2. The zero-order valence-corrected chi connectivity index (χ0v) is 25.3. The molecule has 0 radical (unpaired) electrons. The summed E-state index contributed by atoms with van der Waals surface area (Å²) in [6.45, 7) is 12.2. The highest BCUT2D eigenvalue weighted by molar-refractivity contribution is 5.85. The number of ether oxygens (including phenoxy) is 1. The minimum absolute atomic E-state index is 0.248. The van der Waals surface area contributed by atoms with E-state index in [1.165, 1.54) is 4.90 Å². The minimum atomic E-state index is -0.654. The number of rotatable bonds is 10. The first-order valence-corrected chi connectivity index (χ1v) is 13.8. The molecule has 2 amide bonds. The second kappa shape index (κ2) is 13.8. The van der Waals surface area contributed by atoms with Crippen molar-refractivity contribution in [1.29, 1.82) is 0 Å². The Balaban J connectivity index is 1.56. The van der Waals surface area contributed by atoms with Gasteiger partial charge in [0.2, 0.25) is 11.9 Å². The van der Waals surface area contributed by atoms with Gasteiger partial charge in [-0.2, -0.15) is 10.1 Å². The minimum Gasteiger partial charge on any atom is -0.444 e. The fourth-order valence-electron chi connectivity index (χ4n) is 3.78. The Kier molecular flexibility index (Phi) is 10.5. The van der Waals surface area contributed by atoms with Crippen molar-refractivity contribution in [3.8, 4) is 11.8 Å². The van der Waals surface area contributed by atoms with Crippen LogP contribution >= 0.6 is 0 Å². The molecule has 220 valence electrons. The van der Waals surface area contributed by atoms with Gasteiger partial charge in [0.1, 0.15) is 17.5 Å². The van der Waals surface area contributed by atoms with Gasteiger partial charge in [-0.05, 0) is 53.5 Å². The van der Waals surface area contributed by atoms with Gasteiger partial charge in [-0.1, -0.05) is 18.8 Å². The maximum absolute atomic E-state index is 12.5. The van der Waals surface area contributed by atoms with Crippen molar-refractivity contribution in [2.24, 2.45) is 7.05 Å². The number of hydrogen-bond donors (Lipinski definition) is 3. The first-order valence-electron chi connectivity index (χ1n) is 13.8. The SMILES string of the molecule is CCCNc1nc(Nc2cnc3c(c2)c(C)nn3C)ncc1C#CCCCNC(=O)[C@H](C)N(C)C(=O)OC(C)(C)C. The molecule has 0 saturated carbocycles. The van der Waals surface area contributed by atoms with Gasteiger partial charge in [0.25, 0.3) is 0 Å². The molecule has 12 heteroatoms.